The van der Waals surface area contributed by atoms with Gasteiger partial charge in [0.1, 0.15) is 12.0 Å². The summed E-state index contributed by atoms with van der Waals surface area (Å²) < 4.78 is 30.4. The number of ether oxygens (including phenoxy) is 1. The number of carbonyl (C=O) groups excluding carboxylic acids is 1. The molecule has 1 rings (SSSR count). The molecule has 0 fully saturated rings. The Balaban J connectivity index is 3.11. The summed E-state index contributed by atoms with van der Waals surface area (Å²) in [5, 5.41) is 0. The van der Waals surface area contributed by atoms with E-state index in [0.29, 0.717) is 12.2 Å². The van der Waals surface area contributed by atoms with Gasteiger partial charge in [-0.3, -0.25) is 0 Å². The van der Waals surface area contributed by atoms with Crippen LogP contribution in [-0.2, 0) is 4.79 Å². The second-order valence-electron chi connectivity index (χ2n) is 3.46. The third-order valence-electron chi connectivity index (χ3n) is 2.30. The summed E-state index contributed by atoms with van der Waals surface area (Å²) in [6, 6.07) is 4.35. The van der Waals surface area contributed by atoms with E-state index < -0.39 is 6.43 Å². The molecule has 2 nitrogen and oxygen atoms in total. The normalized spacial score (nSPS) is 12.6. The van der Waals surface area contributed by atoms with Gasteiger partial charge in [-0.15, -0.1) is 0 Å². The Bertz CT molecular complexity index is 364. The molecule has 1 aromatic carbocycles. The van der Waals surface area contributed by atoms with E-state index in [-0.39, 0.29) is 17.2 Å². The summed E-state index contributed by atoms with van der Waals surface area (Å²) >= 11 is 0. The van der Waals surface area contributed by atoms with Gasteiger partial charge in [0, 0.05) is 5.92 Å². The van der Waals surface area contributed by atoms with E-state index in [1.807, 2.05) is 0 Å². The Labute approximate surface area is 93.2 Å². The zero-order valence-corrected chi connectivity index (χ0v) is 9.24. The van der Waals surface area contributed by atoms with Crippen molar-refractivity contribution in [3.63, 3.8) is 0 Å². The largest absolute Gasteiger partial charge is 0.493 e. The van der Waals surface area contributed by atoms with Crippen LogP contribution >= 0.6 is 0 Å². The number of benzene rings is 1. The number of hydrogen-bond donors (Lipinski definition) is 0. The summed E-state index contributed by atoms with van der Waals surface area (Å²) in [5.41, 5.74) is 0.548. The van der Waals surface area contributed by atoms with Crippen LogP contribution in [0.4, 0.5) is 8.78 Å². The summed E-state index contributed by atoms with van der Waals surface area (Å²) in [6.45, 7) is 3.75. The molecule has 16 heavy (non-hydrogen) atoms. The number of rotatable bonds is 5. The third-order valence-corrected chi connectivity index (χ3v) is 2.30. The highest BCUT2D eigenvalue weighted by Crippen LogP contribution is 2.31. The zero-order valence-electron chi connectivity index (χ0n) is 9.24. The molecule has 0 N–H and O–H groups in total. The van der Waals surface area contributed by atoms with Crippen LogP contribution in [-0.4, -0.2) is 12.9 Å². The highest BCUT2D eigenvalue weighted by Gasteiger charge is 2.16. The topological polar surface area (TPSA) is 26.3 Å². The standard InChI is InChI=1S/C12H14F2O2/c1-3-16-11-6-9(8(2)7-15)4-5-10(11)12(13)14/h4-8,12H,3H2,1-2H3. The Morgan fingerprint density at radius 1 is 1.44 bits per heavy atom. The maximum atomic E-state index is 12.6. The molecule has 0 saturated carbocycles. The van der Waals surface area contributed by atoms with Crippen molar-refractivity contribution in [2.45, 2.75) is 26.2 Å². The van der Waals surface area contributed by atoms with Crippen LogP contribution in [0.2, 0.25) is 0 Å². The zero-order chi connectivity index (χ0) is 12.1. The lowest BCUT2D eigenvalue weighted by atomic mass is 10.0. The Kier molecular flexibility index (Phi) is 4.40. The molecule has 0 radical (unpaired) electrons. The SMILES string of the molecule is CCOc1cc(C(C)C=O)ccc1C(F)F. The first-order valence-electron chi connectivity index (χ1n) is 5.10. The maximum Gasteiger partial charge on any atom is 0.267 e. The minimum absolute atomic E-state index is 0.135. The predicted octanol–water partition coefficient (Wildman–Crippen LogP) is 3.33. The van der Waals surface area contributed by atoms with Gasteiger partial charge < -0.3 is 9.53 Å². The molecule has 0 amide bonds. The molecule has 0 aliphatic carbocycles. The van der Waals surface area contributed by atoms with Gasteiger partial charge in [-0.25, -0.2) is 8.78 Å². The lowest BCUT2D eigenvalue weighted by molar-refractivity contribution is -0.108. The molecule has 0 aliphatic heterocycles. The Morgan fingerprint density at radius 3 is 2.62 bits per heavy atom. The van der Waals surface area contributed by atoms with Crippen LogP contribution < -0.4 is 4.74 Å². The van der Waals surface area contributed by atoms with Gasteiger partial charge in [-0.05, 0) is 24.6 Å². The molecule has 0 heterocycles. The second kappa shape index (κ2) is 5.58. The van der Waals surface area contributed by atoms with Gasteiger partial charge in [-0.1, -0.05) is 13.0 Å². The van der Waals surface area contributed by atoms with Crippen molar-refractivity contribution in [2.24, 2.45) is 0 Å². The van der Waals surface area contributed by atoms with Crippen molar-refractivity contribution in [1.82, 2.24) is 0 Å². The molecule has 88 valence electrons. The van der Waals surface area contributed by atoms with Crippen molar-refractivity contribution in [1.29, 1.82) is 0 Å². The second-order valence-corrected chi connectivity index (χ2v) is 3.46. The number of hydrogen-bond acceptors (Lipinski definition) is 2. The summed E-state index contributed by atoms with van der Waals surface area (Å²) in [4.78, 5) is 10.6. The van der Waals surface area contributed by atoms with Gasteiger partial charge >= 0.3 is 0 Å². The quantitative estimate of drug-likeness (QED) is 0.722. The van der Waals surface area contributed by atoms with Crippen molar-refractivity contribution in [3.8, 4) is 5.75 Å². The lowest BCUT2D eigenvalue weighted by Crippen LogP contribution is -2.01. The van der Waals surface area contributed by atoms with Crippen LogP contribution in [0.1, 0.15) is 37.3 Å². The molecule has 1 atom stereocenters. The fraction of sp³-hybridized carbons (Fsp3) is 0.417. The van der Waals surface area contributed by atoms with Crippen LogP contribution in [0.3, 0.4) is 0 Å². The number of halogens is 2. The fourth-order valence-electron chi connectivity index (χ4n) is 1.37. The van der Waals surface area contributed by atoms with E-state index in [1.54, 1.807) is 13.8 Å². The van der Waals surface area contributed by atoms with E-state index in [4.69, 9.17) is 4.74 Å². The first-order chi connectivity index (χ1) is 7.60. The molecule has 1 unspecified atom stereocenters. The molecule has 0 bridgehead atoms. The minimum atomic E-state index is -2.57. The molecule has 0 aromatic heterocycles. The molecule has 0 spiro atoms. The number of alkyl halides is 2. The summed E-state index contributed by atoms with van der Waals surface area (Å²) in [6.07, 6.45) is -1.80. The van der Waals surface area contributed by atoms with Crippen molar-refractivity contribution < 1.29 is 18.3 Å². The molecular weight excluding hydrogens is 214 g/mol. The van der Waals surface area contributed by atoms with E-state index >= 15 is 0 Å². The van der Waals surface area contributed by atoms with E-state index in [2.05, 4.69) is 0 Å². The van der Waals surface area contributed by atoms with Gasteiger partial charge in [0.25, 0.3) is 6.43 Å². The van der Waals surface area contributed by atoms with Crippen LogP contribution in [0.15, 0.2) is 18.2 Å². The average Bonchev–Trinajstić information content (AvgIpc) is 2.28. The van der Waals surface area contributed by atoms with E-state index in [9.17, 15) is 13.6 Å². The number of carbonyl (C=O) groups is 1. The molecule has 4 heteroatoms. The van der Waals surface area contributed by atoms with Crippen LogP contribution in [0.25, 0.3) is 0 Å². The van der Waals surface area contributed by atoms with Crippen molar-refractivity contribution in [3.05, 3.63) is 29.3 Å². The predicted molar refractivity (Wildman–Crippen MR) is 57.0 cm³/mol. The maximum absolute atomic E-state index is 12.6. The van der Waals surface area contributed by atoms with Crippen molar-refractivity contribution >= 4 is 6.29 Å². The molecule has 0 saturated heterocycles. The fourth-order valence-corrected chi connectivity index (χ4v) is 1.37. The monoisotopic (exact) mass is 228 g/mol. The molecule has 0 aliphatic rings. The number of aldehydes is 1. The van der Waals surface area contributed by atoms with Gasteiger partial charge in [0.2, 0.25) is 0 Å². The van der Waals surface area contributed by atoms with Gasteiger partial charge in [0.05, 0.1) is 12.2 Å². The minimum Gasteiger partial charge on any atom is -0.493 e. The highest BCUT2D eigenvalue weighted by atomic mass is 19.3. The first kappa shape index (κ1) is 12.6. The highest BCUT2D eigenvalue weighted by molar-refractivity contribution is 5.62. The molecular formula is C12H14F2O2. The Hall–Kier alpha value is -1.45. The van der Waals surface area contributed by atoms with Gasteiger partial charge in [0.15, 0.2) is 0 Å². The van der Waals surface area contributed by atoms with Crippen LogP contribution in [0, 0.1) is 0 Å². The van der Waals surface area contributed by atoms with Crippen LogP contribution in [0.5, 0.6) is 5.75 Å². The molecule has 1 aromatic rings. The van der Waals surface area contributed by atoms with E-state index in [0.717, 1.165) is 6.29 Å². The lowest BCUT2D eigenvalue weighted by Gasteiger charge is -2.12. The summed E-state index contributed by atoms with van der Waals surface area (Å²) in [5.74, 6) is -0.158. The first-order valence-corrected chi connectivity index (χ1v) is 5.10. The van der Waals surface area contributed by atoms with Gasteiger partial charge in [-0.2, -0.15) is 0 Å². The Morgan fingerprint density at radius 2 is 2.12 bits per heavy atom. The smallest absolute Gasteiger partial charge is 0.267 e. The van der Waals surface area contributed by atoms with E-state index in [1.165, 1.54) is 18.2 Å². The third kappa shape index (κ3) is 2.78. The average molecular weight is 228 g/mol. The van der Waals surface area contributed by atoms with Crippen molar-refractivity contribution in [2.75, 3.05) is 6.61 Å². The summed E-state index contributed by atoms with van der Waals surface area (Å²) in [7, 11) is 0.